The maximum absolute atomic E-state index is 12.8. The second-order valence-corrected chi connectivity index (χ2v) is 4.11. The number of halogens is 2. The molecule has 1 N–H and O–H groups in total. The molecular formula is C11H8BrFN2O. The number of hydrogen-bond donors (Lipinski definition) is 1. The van der Waals surface area contributed by atoms with Crippen molar-refractivity contribution in [2.75, 3.05) is 0 Å². The van der Waals surface area contributed by atoms with E-state index >= 15 is 0 Å². The van der Waals surface area contributed by atoms with Crippen LogP contribution in [0.1, 0.15) is 16.2 Å². The Labute approximate surface area is 99.8 Å². The molecule has 1 heterocycles. The number of ketones is 1. The molecule has 2 rings (SSSR count). The van der Waals surface area contributed by atoms with Gasteiger partial charge in [-0.25, -0.2) is 9.37 Å². The zero-order valence-corrected chi connectivity index (χ0v) is 9.79. The standard InChI is InChI=1S/C11H8BrFN2O/c12-9-5-7(13)1-2-8(9)10(16)6-11-14-3-4-15-11/h1-5H,6H2,(H,14,15). The van der Waals surface area contributed by atoms with Crippen LogP contribution in [-0.4, -0.2) is 15.8 Å². The van der Waals surface area contributed by atoms with Gasteiger partial charge in [0.15, 0.2) is 5.78 Å². The van der Waals surface area contributed by atoms with Gasteiger partial charge in [0.05, 0.1) is 6.42 Å². The number of H-pyrrole nitrogens is 1. The van der Waals surface area contributed by atoms with Crippen LogP contribution in [0.15, 0.2) is 35.1 Å². The van der Waals surface area contributed by atoms with E-state index in [4.69, 9.17) is 0 Å². The Morgan fingerprint density at radius 1 is 1.50 bits per heavy atom. The van der Waals surface area contributed by atoms with E-state index in [9.17, 15) is 9.18 Å². The Balaban J connectivity index is 2.21. The largest absolute Gasteiger partial charge is 0.348 e. The molecule has 82 valence electrons. The molecule has 0 amide bonds. The molecule has 0 saturated carbocycles. The summed E-state index contributed by atoms with van der Waals surface area (Å²) in [5, 5.41) is 0. The van der Waals surface area contributed by atoms with Gasteiger partial charge in [-0.1, -0.05) is 0 Å². The van der Waals surface area contributed by atoms with Gasteiger partial charge in [-0.3, -0.25) is 4.79 Å². The molecule has 0 unspecified atom stereocenters. The monoisotopic (exact) mass is 282 g/mol. The molecule has 0 radical (unpaired) electrons. The average molecular weight is 283 g/mol. The van der Waals surface area contributed by atoms with Crippen molar-refractivity contribution in [3.63, 3.8) is 0 Å². The number of Topliss-reactive ketones (excluding diaryl/α,β-unsaturated/α-hetero) is 1. The molecule has 2 aromatic rings. The minimum Gasteiger partial charge on any atom is -0.348 e. The van der Waals surface area contributed by atoms with Gasteiger partial charge in [0.2, 0.25) is 0 Å². The van der Waals surface area contributed by atoms with Crippen molar-refractivity contribution in [1.29, 1.82) is 0 Å². The van der Waals surface area contributed by atoms with E-state index in [0.717, 1.165) is 0 Å². The van der Waals surface area contributed by atoms with E-state index in [1.165, 1.54) is 18.2 Å². The van der Waals surface area contributed by atoms with Crippen LogP contribution >= 0.6 is 15.9 Å². The van der Waals surface area contributed by atoms with Gasteiger partial charge in [0, 0.05) is 22.4 Å². The number of nitrogens with one attached hydrogen (secondary N) is 1. The topological polar surface area (TPSA) is 45.8 Å². The molecule has 0 aliphatic rings. The van der Waals surface area contributed by atoms with E-state index in [2.05, 4.69) is 25.9 Å². The minimum absolute atomic E-state index is 0.109. The Hall–Kier alpha value is -1.49. The molecular weight excluding hydrogens is 275 g/mol. The first-order valence-corrected chi connectivity index (χ1v) is 5.42. The summed E-state index contributed by atoms with van der Waals surface area (Å²) in [7, 11) is 0. The van der Waals surface area contributed by atoms with Gasteiger partial charge >= 0.3 is 0 Å². The maximum Gasteiger partial charge on any atom is 0.171 e. The molecule has 3 nitrogen and oxygen atoms in total. The van der Waals surface area contributed by atoms with Crippen LogP contribution in [0.3, 0.4) is 0 Å². The Morgan fingerprint density at radius 2 is 2.31 bits per heavy atom. The van der Waals surface area contributed by atoms with Gasteiger partial charge in [-0.2, -0.15) is 0 Å². The van der Waals surface area contributed by atoms with Crippen LogP contribution in [0.25, 0.3) is 0 Å². The Kier molecular flexibility index (Phi) is 3.14. The van der Waals surface area contributed by atoms with Crippen molar-refractivity contribution < 1.29 is 9.18 Å². The summed E-state index contributed by atoms with van der Waals surface area (Å²) in [5.41, 5.74) is 0.456. The second kappa shape index (κ2) is 4.57. The quantitative estimate of drug-likeness (QED) is 0.880. The molecule has 0 aliphatic heterocycles. The van der Waals surface area contributed by atoms with Gasteiger partial charge < -0.3 is 4.98 Å². The number of nitrogens with zero attached hydrogens (tertiary/aromatic N) is 1. The fraction of sp³-hybridized carbons (Fsp3) is 0.0909. The molecule has 1 aromatic carbocycles. The van der Waals surface area contributed by atoms with Crippen LogP contribution in [0.5, 0.6) is 0 Å². The van der Waals surface area contributed by atoms with E-state index in [1.54, 1.807) is 12.4 Å². The van der Waals surface area contributed by atoms with Crippen molar-refractivity contribution in [3.05, 3.63) is 52.3 Å². The maximum atomic E-state index is 12.8. The minimum atomic E-state index is -0.374. The summed E-state index contributed by atoms with van der Waals surface area (Å²) >= 11 is 3.16. The average Bonchev–Trinajstić information content (AvgIpc) is 2.70. The van der Waals surface area contributed by atoms with Gasteiger partial charge in [-0.15, -0.1) is 0 Å². The summed E-state index contributed by atoms with van der Waals surface area (Å²) in [6.45, 7) is 0. The normalized spacial score (nSPS) is 10.4. The molecule has 16 heavy (non-hydrogen) atoms. The first-order valence-electron chi connectivity index (χ1n) is 4.63. The lowest BCUT2D eigenvalue weighted by Gasteiger charge is -2.02. The lowest BCUT2D eigenvalue weighted by Crippen LogP contribution is -2.06. The highest BCUT2D eigenvalue weighted by Crippen LogP contribution is 2.19. The Bertz CT molecular complexity index is 511. The number of benzene rings is 1. The lowest BCUT2D eigenvalue weighted by atomic mass is 10.1. The zero-order chi connectivity index (χ0) is 11.5. The number of hydrogen-bond acceptors (Lipinski definition) is 2. The number of rotatable bonds is 3. The van der Waals surface area contributed by atoms with E-state index in [-0.39, 0.29) is 18.0 Å². The first-order chi connectivity index (χ1) is 7.66. The molecule has 5 heteroatoms. The van der Waals surface area contributed by atoms with Crippen molar-refractivity contribution in [2.45, 2.75) is 6.42 Å². The molecule has 0 spiro atoms. The van der Waals surface area contributed by atoms with Crippen molar-refractivity contribution in [3.8, 4) is 0 Å². The SMILES string of the molecule is O=C(Cc1ncc[nH]1)c1ccc(F)cc1Br. The fourth-order valence-corrected chi connectivity index (χ4v) is 1.93. The number of aromatic nitrogens is 2. The van der Waals surface area contributed by atoms with Crippen LogP contribution in [0.2, 0.25) is 0 Å². The van der Waals surface area contributed by atoms with Gasteiger partial charge in [0.25, 0.3) is 0 Å². The van der Waals surface area contributed by atoms with E-state index in [1.807, 2.05) is 0 Å². The predicted molar refractivity (Wildman–Crippen MR) is 60.7 cm³/mol. The van der Waals surface area contributed by atoms with E-state index < -0.39 is 0 Å². The predicted octanol–water partition coefficient (Wildman–Crippen LogP) is 2.74. The van der Waals surface area contributed by atoms with Gasteiger partial charge in [-0.05, 0) is 34.1 Å². The summed E-state index contributed by atoms with van der Waals surface area (Å²) in [5.74, 6) is 0.115. The van der Waals surface area contributed by atoms with Crippen molar-refractivity contribution in [2.24, 2.45) is 0 Å². The summed E-state index contributed by atoms with van der Waals surface area (Å²) in [6, 6.07) is 4.00. The van der Waals surface area contributed by atoms with Crippen LogP contribution in [-0.2, 0) is 6.42 Å². The van der Waals surface area contributed by atoms with Crippen molar-refractivity contribution >= 4 is 21.7 Å². The molecule has 0 atom stereocenters. The van der Waals surface area contributed by atoms with Crippen LogP contribution < -0.4 is 0 Å². The molecule has 0 fully saturated rings. The Morgan fingerprint density at radius 3 is 2.94 bits per heavy atom. The number of imidazole rings is 1. The third kappa shape index (κ3) is 2.36. The molecule has 1 aromatic heterocycles. The highest BCUT2D eigenvalue weighted by molar-refractivity contribution is 9.10. The summed E-state index contributed by atoms with van der Waals surface area (Å²) < 4.78 is 13.3. The van der Waals surface area contributed by atoms with E-state index in [0.29, 0.717) is 15.9 Å². The van der Waals surface area contributed by atoms with Crippen molar-refractivity contribution in [1.82, 2.24) is 9.97 Å². The summed E-state index contributed by atoms with van der Waals surface area (Å²) in [4.78, 5) is 18.6. The third-order valence-corrected chi connectivity index (χ3v) is 2.77. The lowest BCUT2D eigenvalue weighted by molar-refractivity contribution is 0.0990. The smallest absolute Gasteiger partial charge is 0.171 e. The molecule has 0 saturated heterocycles. The zero-order valence-electron chi connectivity index (χ0n) is 8.21. The number of aromatic amines is 1. The first kappa shape index (κ1) is 11.0. The van der Waals surface area contributed by atoms with Gasteiger partial charge in [0.1, 0.15) is 11.6 Å². The highest BCUT2D eigenvalue weighted by Gasteiger charge is 2.12. The van der Waals surface area contributed by atoms with Crippen LogP contribution in [0.4, 0.5) is 4.39 Å². The molecule has 0 bridgehead atoms. The third-order valence-electron chi connectivity index (χ3n) is 2.11. The summed E-state index contributed by atoms with van der Waals surface area (Å²) in [6.07, 6.45) is 3.42. The number of carbonyl (C=O) groups excluding carboxylic acids is 1. The fourth-order valence-electron chi connectivity index (χ4n) is 1.36. The number of carbonyl (C=O) groups is 1. The second-order valence-electron chi connectivity index (χ2n) is 3.26. The molecule has 0 aliphatic carbocycles. The highest BCUT2D eigenvalue weighted by atomic mass is 79.9. The van der Waals surface area contributed by atoms with Crippen LogP contribution in [0, 0.1) is 5.82 Å².